The molecule has 0 aliphatic heterocycles. The zero-order valence-electron chi connectivity index (χ0n) is 14.6. The summed E-state index contributed by atoms with van der Waals surface area (Å²) in [6.45, 7) is 6.84. The van der Waals surface area contributed by atoms with E-state index in [2.05, 4.69) is 45.8 Å². The fraction of sp³-hybridized carbons (Fsp3) is 0.562. The van der Waals surface area contributed by atoms with E-state index in [1.54, 1.807) is 18.4 Å². The van der Waals surface area contributed by atoms with Crippen molar-refractivity contribution < 1.29 is 0 Å². The van der Waals surface area contributed by atoms with Crippen molar-refractivity contribution in [3.05, 3.63) is 34.0 Å². The van der Waals surface area contributed by atoms with Gasteiger partial charge in [-0.05, 0) is 25.3 Å². The molecule has 0 spiro atoms. The van der Waals surface area contributed by atoms with E-state index >= 15 is 0 Å². The molecule has 2 rings (SSSR count). The lowest BCUT2D eigenvalue weighted by Gasteiger charge is -2.11. The number of thiazole rings is 1. The van der Waals surface area contributed by atoms with E-state index in [0.717, 1.165) is 44.9 Å². The molecular formula is C16H27IN6S. The Balaban J connectivity index is 0.00000288. The van der Waals surface area contributed by atoms with Crippen LogP contribution in [0.5, 0.6) is 0 Å². The first-order chi connectivity index (χ1) is 11.2. The van der Waals surface area contributed by atoms with Gasteiger partial charge < -0.3 is 10.6 Å². The van der Waals surface area contributed by atoms with Crippen molar-refractivity contribution in [2.24, 2.45) is 4.99 Å². The van der Waals surface area contributed by atoms with Gasteiger partial charge in [0.15, 0.2) is 5.96 Å². The number of nitrogens with zero attached hydrogens (tertiary/aromatic N) is 4. The van der Waals surface area contributed by atoms with Crippen molar-refractivity contribution in [3.63, 3.8) is 0 Å². The molecule has 24 heavy (non-hydrogen) atoms. The maximum atomic E-state index is 4.43. The lowest BCUT2D eigenvalue weighted by molar-refractivity contribution is 0.570. The van der Waals surface area contributed by atoms with Crippen molar-refractivity contribution in [2.45, 2.75) is 39.7 Å². The summed E-state index contributed by atoms with van der Waals surface area (Å²) >= 11 is 1.79. The van der Waals surface area contributed by atoms with Crippen LogP contribution in [0.2, 0.25) is 0 Å². The Morgan fingerprint density at radius 1 is 1.29 bits per heavy atom. The zero-order chi connectivity index (χ0) is 16.5. The maximum Gasteiger partial charge on any atom is 0.190 e. The molecule has 0 radical (unpaired) electrons. The molecule has 0 amide bonds. The summed E-state index contributed by atoms with van der Waals surface area (Å²) in [5, 5.41) is 12.1. The number of nitrogens with one attached hydrogen (secondary N) is 2. The standard InChI is InChI=1S/C16H26N6S.HI/c1-4-14-11-20-15(23-14)6-8-19-16(17-3)18-7-5-9-22-12-13(2)10-21-22;/h10-12H,4-9H2,1-3H3,(H2,17,18,19);1H. The second-order valence-electron chi connectivity index (χ2n) is 5.38. The van der Waals surface area contributed by atoms with Gasteiger partial charge in [-0.25, -0.2) is 4.98 Å². The average Bonchev–Trinajstić information content (AvgIpc) is 3.18. The summed E-state index contributed by atoms with van der Waals surface area (Å²) < 4.78 is 1.97. The first-order valence-electron chi connectivity index (χ1n) is 8.08. The monoisotopic (exact) mass is 462 g/mol. The number of rotatable bonds is 8. The normalized spacial score (nSPS) is 11.2. The van der Waals surface area contributed by atoms with Gasteiger partial charge in [-0.2, -0.15) is 5.10 Å². The van der Waals surface area contributed by atoms with E-state index in [0.29, 0.717) is 0 Å². The smallest absolute Gasteiger partial charge is 0.190 e. The second kappa shape index (κ2) is 11.4. The van der Waals surface area contributed by atoms with Crippen LogP contribution in [0.1, 0.15) is 28.8 Å². The summed E-state index contributed by atoms with van der Waals surface area (Å²) in [5.41, 5.74) is 1.20. The fourth-order valence-corrected chi connectivity index (χ4v) is 3.03. The molecule has 0 aliphatic rings. The third-order valence-corrected chi connectivity index (χ3v) is 4.63. The van der Waals surface area contributed by atoms with Crippen LogP contribution in [0.4, 0.5) is 0 Å². The quantitative estimate of drug-likeness (QED) is 0.274. The summed E-state index contributed by atoms with van der Waals surface area (Å²) in [5.74, 6) is 0.842. The summed E-state index contributed by atoms with van der Waals surface area (Å²) in [6, 6.07) is 0. The van der Waals surface area contributed by atoms with Crippen LogP contribution in [0.3, 0.4) is 0 Å². The van der Waals surface area contributed by atoms with Gasteiger partial charge >= 0.3 is 0 Å². The highest BCUT2D eigenvalue weighted by Crippen LogP contribution is 2.13. The number of halogens is 1. The highest BCUT2D eigenvalue weighted by Gasteiger charge is 2.02. The molecule has 0 aliphatic carbocycles. The summed E-state index contributed by atoms with van der Waals surface area (Å²) in [4.78, 5) is 10.0. The third kappa shape index (κ3) is 7.16. The molecule has 2 heterocycles. The topological polar surface area (TPSA) is 67.1 Å². The summed E-state index contributed by atoms with van der Waals surface area (Å²) in [6.07, 6.45) is 8.92. The van der Waals surface area contributed by atoms with Gasteiger partial charge in [0, 0.05) is 50.4 Å². The Hall–Kier alpha value is -1.16. The molecule has 6 nitrogen and oxygen atoms in total. The minimum absolute atomic E-state index is 0. The van der Waals surface area contributed by atoms with Crippen molar-refractivity contribution in [1.82, 2.24) is 25.4 Å². The average molecular weight is 462 g/mol. The van der Waals surface area contributed by atoms with E-state index in [4.69, 9.17) is 0 Å². The number of aryl methyl sites for hydroxylation is 3. The van der Waals surface area contributed by atoms with E-state index in [1.807, 2.05) is 17.1 Å². The second-order valence-corrected chi connectivity index (χ2v) is 6.58. The Morgan fingerprint density at radius 2 is 2.08 bits per heavy atom. The summed E-state index contributed by atoms with van der Waals surface area (Å²) in [7, 11) is 1.80. The minimum Gasteiger partial charge on any atom is -0.356 e. The van der Waals surface area contributed by atoms with E-state index < -0.39 is 0 Å². The molecule has 2 aromatic heterocycles. The lowest BCUT2D eigenvalue weighted by atomic mass is 10.4. The van der Waals surface area contributed by atoms with Gasteiger partial charge in [-0.1, -0.05) is 6.92 Å². The molecule has 0 unspecified atom stereocenters. The molecule has 0 saturated heterocycles. The number of hydrogen-bond acceptors (Lipinski definition) is 4. The van der Waals surface area contributed by atoms with Gasteiger partial charge in [0.05, 0.1) is 11.2 Å². The predicted octanol–water partition coefficient (Wildman–Crippen LogP) is 2.63. The van der Waals surface area contributed by atoms with Crippen LogP contribution < -0.4 is 10.6 Å². The molecule has 0 atom stereocenters. The maximum absolute atomic E-state index is 4.43. The Labute approximate surface area is 165 Å². The number of aliphatic imine (C=N–C) groups is 1. The first kappa shape index (κ1) is 20.9. The predicted molar refractivity (Wildman–Crippen MR) is 112 cm³/mol. The van der Waals surface area contributed by atoms with Gasteiger partial charge in [0.1, 0.15) is 0 Å². The Bertz CT molecular complexity index is 622. The molecule has 8 heteroatoms. The van der Waals surface area contributed by atoms with Gasteiger partial charge in [-0.3, -0.25) is 9.67 Å². The van der Waals surface area contributed by atoms with Crippen molar-refractivity contribution >= 4 is 41.3 Å². The third-order valence-electron chi connectivity index (χ3n) is 3.42. The number of aromatic nitrogens is 3. The van der Waals surface area contributed by atoms with Gasteiger partial charge in [0.2, 0.25) is 0 Å². The number of hydrogen-bond donors (Lipinski definition) is 2. The molecule has 0 fully saturated rings. The lowest BCUT2D eigenvalue weighted by Crippen LogP contribution is -2.39. The molecule has 0 aromatic carbocycles. The highest BCUT2D eigenvalue weighted by molar-refractivity contribution is 14.0. The van der Waals surface area contributed by atoms with E-state index in [9.17, 15) is 0 Å². The SMILES string of the molecule is CCc1cnc(CCNC(=NC)NCCCn2cc(C)cn2)s1.I. The van der Waals surface area contributed by atoms with Gasteiger partial charge in [0.25, 0.3) is 0 Å². The largest absolute Gasteiger partial charge is 0.356 e. The van der Waals surface area contributed by atoms with Crippen molar-refractivity contribution in [3.8, 4) is 0 Å². The minimum atomic E-state index is 0. The van der Waals surface area contributed by atoms with E-state index in [-0.39, 0.29) is 24.0 Å². The molecule has 0 bridgehead atoms. The van der Waals surface area contributed by atoms with Crippen LogP contribution in [-0.4, -0.2) is 40.9 Å². The Morgan fingerprint density at radius 3 is 2.71 bits per heavy atom. The van der Waals surface area contributed by atoms with Crippen LogP contribution in [0.25, 0.3) is 0 Å². The van der Waals surface area contributed by atoms with Crippen molar-refractivity contribution in [1.29, 1.82) is 0 Å². The Kier molecular flexibility index (Phi) is 9.92. The van der Waals surface area contributed by atoms with Crippen molar-refractivity contribution in [2.75, 3.05) is 20.1 Å². The van der Waals surface area contributed by atoms with E-state index in [1.165, 1.54) is 15.4 Å². The molecular weight excluding hydrogens is 435 g/mol. The molecule has 2 N–H and O–H groups in total. The zero-order valence-corrected chi connectivity index (χ0v) is 17.7. The molecule has 2 aromatic rings. The number of guanidine groups is 1. The van der Waals surface area contributed by atoms with Crippen LogP contribution in [0, 0.1) is 6.92 Å². The first-order valence-corrected chi connectivity index (χ1v) is 8.90. The fourth-order valence-electron chi connectivity index (χ4n) is 2.17. The molecule has 134 valence electrons. The highest BCUT2D eigenvalue weighted by atomic mass is 127. The molecule has 0 saturated carbocycles. The van der Waals surface area contributed by atoms with Crippen LogP contribution in [0.15, 0.2) is 23.6 Å². The van der Waals surface area contributed by atoms with Crippen LogP contribution >= 0.6 is 35.3 Å². The van der Waals surface area contributed by atoms with Crippen LogP contribution in [-0.2, 0) is 19.4 Å². The van der Waals surface area contributed by atoms with Gasteiger partial charge in [-0.15, -0.1) is 35.3 Å².